The summed E-state index contributed by atoms with van der Waals surface area (Å²) in [6.07, 6.45) is 1.99. The number of hydrogen-bond acceptors (Lipinski definition) is 4. The summed E-state index contributed by atoms with van der Waals surface area (Å²) in [7, 11) is 0. The Bertz CT molecular complexity index is 401. The van der Waals surface area contributed by atoms with Gasteiger partial charge in [0.25, 0.3) is 0 Å². The number of carboxylic acids is 1. The smallest absolute Gasteiger partial charge is 0.309 e. The maximum absolute atomic E-state index is 10.7. The van der Waals surface area contributed by atoms with Crippen molar-refractivity contribution in [2.24, 2.45) is 0 Å². The molecule has 5 nitrogen and oxygen atoms in total. The van der Waals surface area contributed by atoms with Crippen LogP contribution in [0.3, 0.4) is 0 Å². The highest BCUT2D eigenvalue weighted by atomic mass is 16.4. The zero-order chi connectivity index (χ0) is 13.5. The molecule has 1 heterocycles. The van der Waals surface area contributed by atoms with Crippen molar-refractivity contribution in [2.75, 3.05) is 18.0 Å². The van der Waals surface area contributed by atoms with E-state index in [0.717, 1.165) is 31.6 Å². The summed E-state index contributed by atoms with van der Waals surface area (Å²) in [5.41, 5.74) is 1.38. The van der Waals surface area contributed by atoms with Crippen LogP contribution in [0.1, 0.15) is 38.1 Å². The van der Waals surface area contributed by atoms with E-state index < -0.39 is 5.97 Å². The number of anilines is 1. The third kappa shape index (κ3) is 4.31. The van der Waals surface area contributed by atoms with Crippen molar-refractivity contribution in [2.45, 2.75) is 40.0 Å². The Balaban J connectivity index is 2.97. The molecule has 18 heavy (non-hydrogen) atoms. The first-order valence-corrected chi connectivity index (χ1v) is 6.38. The average molecular weight is 251 g/mol. The van der Waals surface area contributed by atoms with E-state index in [0.29, 0.717) is 11.6 Å². The van der Waals surface area contributed by atoms with Gasteiger partial charge in [0.2, 0.25) is 5.95 Å². The molecule has 0 spiro atoms. The van der Waals surface area contributed by atoms with Crippen molar-refractivity contribution >= 4 is 11.9 Å². The first-order valence-electron chi connectivity index (χ1n) is 6.38. The number of nitrogens with zero attached hydrogens (tertiary/aromatic N) is 3. The first-order chi connectivity index (χ1) is 8.56. The molecular formula is C13H21N3O2. The standard InChI is InChI=1S/C13H21N3O2/c1-4-6-16(7-5-2)13-14-10(3)8-11(15-13)9-12(17)18/h8H,4-7,9H2,1-3H3,(H,17,18). The zero-order valence-corrected chi connectivity index (χ0v) is 11.3. The lowest BCUT2D eigenvalue weighted by Crippen LogP contribution is -2.27. The summed E-state index contributed by atoms with van der Waals surface area (Å²) >= 11 is 0. The fourth-order valence-electron chi connectivity index (χ4n) is 1.86. The monoisotopic (exact) mass is 251 g/mol. The molecule has 1 aromatic heterocycles. The van der Waals surface area contributed by atoms with Crippen LogP contribution in [0.25, 0.3) is 0 Å². The Hall–Kier alpha value is -1.65. The molecule has 0 aliphatic carbocycles. The Morgan fingerprint density at radius 2 is 1.89 bits per heavy atom. The van der Waals surface area contributed by atoms with Crippen LogP contribution in [0, 0.1) is 6.92 Å². The lowest BCUT2D eigenvalue weighted by Gasteiger charge is -2.22. The van der Waals surface area contributed by atoms with E-state index in [1.807, 2.05) is 6.92 Å². The van der Waals surface area contributed by atoms with Gasteiger partial charge in [-0.1, -0.05) is 13.8 Å². The van der Waals surface area contributed by atoms with E-state index in [1.165, 1.54) is 0 Å². The zero-order valence-electron chi connectivity index (χ0n) is 11.3. The number of carboxylic acid groups (broad SMARTS) is 1. The van der Waals surface area contributed by atoms with E-state index in [4.69, 9.17) is 5.11 Å². The number of rotatable bonds is 7. The summed E-state index contributed by atoms with van der Waals surface area (Å²) in [6.45, 7) is 7.87. The van der Waals surface area contributed by atoms with E-state index in [9.17, 15) is 4.79 Å². The van der Waals surface area contributed by atoms with Gasteiger partial charge < -0.3 is 10.0 Å². The summed E-state index contributed by atoms with van der Waals surface area (Å²) < 4.78 is 0. The molecule has 0 aromatic carbocycles. The third-order valence-corrected chi connectivity index (χ3v) is 2.50. The van der Waals surface area contributed by atoms with Gasteiger partial charge in [-0.2, -0.15) is 0 Å². The van der Waals surface area contributed by atoms with Crippen molar-refractivity contribution in [3.63, 3.8) is 0 Å². The molecule has 0 aliphatic heterocycles. The maximum atomic E-state index is 10.7. The highest BCUT2D eigenvalue weighted by Crippen LogP contribution is 2.12. The molecule has 0 amide bonds. The van der Waals surface area contributed by atoms with E-state index in [2.05, 4.69) is 28.7 Å². The van der Waals surface area contributed by atoms with Crippen LogP contribution in [0.15, 0.2) is 6.07 Å². The Labute approximate surface area is 108 Å². The molecular weight excluding hydrogens is 230 g/mol. The fraction of sp³-hybridized carbons (Fsp3) is 0.615. The number of aryl methyl sites for hydroxylation is 1. The molecule has 100 valence electrons. The van der Waals surface area contributed by atoms with Crippen molar-refractivity contribution in [1.29, 1.82) is 0 Å². The Kier molecular flexibility index (Phi) is 5.55. The third-order valence-electron chi connectivity index (χ3n) is 2.50. The number of carbonyl (C=O) groups is 1. The topological polar surface area (TPSA) is 66.3 Å². The summed E-state index contributed by atoms with van der Waals surface area (Å²) in [5.74, 6) is -0.216. The second-order valence-electron chi connectivity index (χ2n) is 4.36. The van der Waals surface area contributed by atoms with Crippen LogP contribution in [0.4, 0.5) is 5.95 Å². The van der Waals surface area contributed by atoms with Crippen LogP contribution < -0.4 is 4.90 Å². The minimum Gasteiger partial charge on any atom is -0.481 e. The molecule has 0 atom stereocenters. The van der Waals surface area contributed by atoms with Gasteiger partial charge in [-0.25, -0.2) is 9.97 Å². The average Bonchev–Trinajstić information content (AvgIpc) is 2.27. The minimum atomic E-state index is -0.864. The lowest BCUT2D eigenvalue weighted by atomic mass is 10.2. The van der Waals surface area contributed by atoms with E-state index in [-0.39, 0.29) is 6.42 Å². The second kappa shape index (κ2) is 6.93. The lowest BCUT2D eigenvalue weighted by molar-refractivity contribution is -0.136. The molecule has 0 unspecified atom stereocenters. The van der Waals surface area contributed by atoms with Crippen LogP contribution in [0.2, 0.25) is 0 Å². The van der Waals surface area contributed by atoms with Gasteiger partial charge in [-0.05, 0) is 25.8 Å². The van der Waals surface area contributed by atoms with Crippen LogP contribution in [0.5, 0.6) is 0 Å². The summed E-state index contributed by atoms with van der Waals surface area (Å²) in [5, 5.41) is 8.82. The van der Waals surface area contributed by atoms with Gasteiger partial charge in [-0.15, -0.1) is 0 Å². The Morgan fingerprint density at radius 3 is 2.39 bits per heavy atom. The van der Waals surface area contributed by atoms with Crippen molar-refractivity contribution in [3.8, 4) is 0 Å². The minimum absolute atomic E-state index is 0.0531. The van der Waals surface area contributed by atoms with Crippen LogP contribution in [-0.2, 0) is 11.2 Å². The Morgan fingerprint density at radius 1 is 1.28 bits per heavy atom. The predicted octanol–water partition coefficient (Wildman–Crippen LogP) is 2.04. The highest BCUT2D eigenvalue weighted by molar-refractivity contribution is 5.69. The van der Waals surface area contributed by atoms with Crippen molar-refractivity contribution in [3.05, 3.63) is 17.5 Å². The molecule has 0 aliphatic rings. The highest BCUT2D eigenvalue weighted by Gasteiger charge is 2.11. The van der Waals surface area contributed by atoms with Gasteiger partial charge in [0.15, 0.2) is 0 Å². The predicted molar refractivity (Wildman–Crippen MR) is 70.9 cm³/mol. The number of aliphatic carboxylic acids is 1. The largest absolute Gasteiger partial charge is 0.481 e. The molecule has 0 fully saturated rings. The van der Waals surface area contributed by atoms with Crippen molar-refractivity contribution in [1.82, 2.24) is 9.97 Å². The molecule has 0 bridgehead atoms. The van der Waals surface area contributed by atoms with Gasteiger partial charge in [-0.3, -0.25) is 4.79 Å². The van der Waals surface area contributed by atoms with Crippen LogP contribution in [-0.4, -0.2) is 34.1 Å². The van der Waals surface area contributed by atoms with Gasteiger partial charge in [0.05, 0.1) is 12.1 Å². The molecule has 0 saturated heterocycles. The van der Waals surface area contributed by atoms with E-state index >= 15 is 0 Å². The molecule has 1 rings (SSSR count). The number of aromatic nitrogens is 2. The second-order valence-corrected chi connectivity index (χ2v) is 4.36. The van der Waals surface area contributed by atoms with E-state index in [1.54, 1.807) is 6.07 Å². The van der Waals surface area contributed by atoms with Crippen LogP contribution >= 0.6 is 0 Å². The van der Waals surface area contributed by atoms with Crippen molar-refractivity contribution < 1.29 is 9.90 Å². The van der Waals surface area contributed by atoms with Gasteiger partial charge in [0, 0.05) is 18.8 Å². The summed E-state index contributed by atoms with van der Waals surface area (Å²) in [6, 6.07) is 1.73. The molecule has 1 aromatic rings. The quantitative estimate of drug-likeness (QED) is 0.803. The summed E-state index contributed by atoms with van der Waals surface area (Å²) in [4.78, 5) is 21.6. The fourth-order valence-corrected chi connectivity index (χ4v) is 1.86. The molecule has 0 radical (unpaired) electrons. The molecule has 1 N–H and O–H groups in total. The molecule has 5 heteroatoms. The molecule has 0 saturated carbocycles. The first kappa shape index (κ1) is 14.4. The normalized spacial score (nSPS) is 10.4. The van der Waals surface area contributed by atoms with Gasteiger partial charge in [0.1, 0.15) is 0 Å². The number of hydrogen-bond donors (Lipinski definition) is 1. The van der Waals surface area contributed by atoms with Gasteiger partial charge >= 0.3 is 5.97 Å². The SMILES string of the molecule is CCCN(CCC)c1nc(C)cc(CC(=O)O)n1. The maximum Gasteiger partial charge on any atom is 0.309 e.